The minimum Gasteiger partial charge on any atom is -0.103 e. The van der Waals surface area contributed by atoms with Crippen LogP contribution in [-0.2, 0) is 0 Å². The SMILES string of the molecule is C=CCC1(CC=C)CCCC1. The van der Waals surface area contributed by atoms with E-state index in [9.17, 15) is 0 Å². The van der Waals surface area contributed by atoms with Gasteiger partial charge in [0.1, 0.15) is 0 Å². The fourth-order valence-electron chi connectivity index (χ4n) is 2.23. The molecule has 0 nitrogen and oxygen atoms in total. The molecule has 0 aromatic heterocycles. The van der Waals surface area contributed by atoms with Crippen molar-refractivity contribution in [1.82, 2.24) is 0 Å². The predicted octanol–water partition coefficient (Wildman–Crippen LogP) is 3.70. The fourth-order valence-corrected chi connectivity index (χ4v) is 2.23. The summed E-state index contributed by atoms with van der Waals surface area (Å²) >= 11 is 0. The third kappa shape index (κ3) is 1.95. The first-order valence-electron chi connectivity index (χ1n) is 4.55. The Bertz CT molecular complexity index is 126. The maximum absolute atomic E-state index is 3.82. The minimum absolute atomic E-state index is 0.559. The molecule has 0 aromatic rings. The second-order valence-electron chi connectivity index (χ2n) is 3.69. The first-order valence-corrected chi connectivity index (χ1v) is 4.55. The van der Waals surface area contributed by atoms with Crippen LogP contribution < -0.4 is 0 Å². The van der Waals surface area contributed by atoms with Gasteiger partial charge >= 0.3 is 0 Å². The highest BCUT2D eigenvalue weighted by molar-refractivity contribution is 4.94. The molecule has 11 heavy (non-hydrogen) atoms. The Balaban J connectivity index is 2.53. The van der Waals surface area contributed by atoms with E-state index in [1.807, 2.05) is 0 Å². The van der Waals surface area contributed by atoms with E-state index in [0.717, 1.165) is 0 Å². The predicted molar refractivity (Wildman–Crippen MR) is 50.5 cm³/mol. The van der Waals surface area contributed by atoms with Crippen molar-refractivity contribution in [3.8, 4) is 0 Å². The summed E-state index contributed by atoms with van der Waals surface area (Å²) in [5, 5.41) is 0. The Labute approximate surface area is 70.0 Å². The third-order valence-electron chi connectivity index (χ3n) is 2.82. The third-order valence-corrected chi connectivity index (χ3v) is 2.82. The molecule has 0 saturated heterocycles. The lowest BCUT2D eigenvalue weighted by Gasteiger charge is -2.25. The maximum Gasteiger partial charge on any atom is -0.0229 e. The molecule has 1 aliphatic rings. The van der Waals surface area contributed by atoms with Gasteiger partial charge in [-0.2, -0.15) is 0 Å². The maximum atomic E-state index is 3.82. The summed E-state index contributed by atoms with van der Waals surface area (Å²) in [6, 6.07) is 0. The second kappa shape index (κ2) is 3.75. The Morgan fingerprint density at radius 2 is 1.45 bits per heavy atom. The molecule has 1 saturated carbocycles. The van der Waals surface area contributed by atoms with Gasteiger partial charge in [-0.1, -0.05) is 25.0 Å². The zero-order valence-corrected chi connectivity index (χ0v) is 7.31. The molecule has 0 aliphatic heterocycles. The number of rotatable bonds is 4. The quantitative estimate of drug-likeness (QED) is 0.536. The van der Waals surface area contributed by atoms with Crippen LogP contribution in [0.25, 0.3) is 0 Å². The molecule has 0 aromatic carbocycles. The summed E-state index contributed by atoms with van der Waals surface area (Å²) in [5.41, 5.74) is 0.559. The van der Waals surface area contributed by atoms with Gasteiger partial charge in [0.15, 0.2) is 0 Å². The van der Waals surface area contributed by atoms with Crippen LogP contribution in [0, 0.1) is 5.41 Å². The molecule has 0 unspecified atom stereocenters. The van der Waals surface area contributed by atoms with Gasteiger partial charge in [-0.25, -0.2) is 0 Å². The van der Waals surface area contributed by atoms with Crippen molar-refractivity contribution >= 4 is 0 Å². The summed E-state index contributed by atoms with van der Waals surface area (Å²) < 4.78 is 0. The summed E-state index contributed by atoms with van der Waals surface area (Å²) in [6.45, 7) is 7.63. The van der Waals surface area contributed by atoms with E-state index in [0.29, 0.717) is 5.41 Å². The molecule has 1 aliphatic carbocycles. The second-order valence-corrected chi connectivity index (χ2v) is 3.69. The molecular formula is C11H18. The van der Waals surface area contributed by atoms with E-state index >= 15 is 0 Å². The Morgan fingerprint density at radius 1 is 1.00 bits per heavy atom. The summed E-state index contributed by atoms with van der Waals surface area (Å²) in [5.74, 6) is 0. The van der Waals surface area contributed by atoms with E-state index in [1.165, 1.54) is 38.5 Å². The molecule has 0 spiro atoms. The summed E-state index contributed by atoms with van der Waals surface area (Å²) in [6.07, 6.45) is 12.1. The van der Waals surface area contributed by atoms with Crippen LogP contribution in [-0.4, -0.2) is 0 Å². The summed E-state index contributed by atoms with van der Waals surface area (Å²) in [4.78, 5) is 0. The van der Waals surface area contributed by atoms with Gasteiger partial charge < -0.3 is 0 Å². The van der Waals surface area contributed by atoms with Gasteiger partial charge in [0.2, 0.25) is 0 Å². The van der Waals surface area contributed by atoms with Gasteiger partial charge in [-0.05, 0) is 31.1 Å². The van der Waals surface area contributed by atoms with Crippen LogP contribution in [0.5, 0.6) is 0 Å². The Kier molecular flexibility index (Phi) is 2.92. The molecule has 1 rings (SSSR count). The average Bonchev–Trinajstić information content (AvgIpc) is 2.39. The first kappa shape index (κ1) is 8.58. The highest BCUT2D eigenvalue weighted by Crippen LogP contribution is 2.44. The highest BCUT2D eigenvalue weighted by Gasteiger charge is 2.30. The van der Waals surface area contributed by atoms with Crippen molar-refractivity contribution in [2.24, 2.45) is 5.41 Å². The van der Waals surface area contributed by atoms with Gasteiger partial charge in [0.05, 0.1) is 0 Å². The Morgan fingerprint density at radius 3 is 1.82 bits per heavy atom. The van der Waals surface area contributed by atoms with Crippen LogP contribution in [0.2, 0.25) is 0 Å². The number of allylic oxidation sites excluding steroid dienone is 2. The lowest BCUT2D eigenvalue weighted by Crippen LogP contribution is -2.13. The van der Waals surface area contributed by atoms with Gasteiger partial charge in [-0.15, -0.1) is 13.2 Å². The fraction of sp³-hybridized carbons (Fsp3) is 0.636. The van der Waals surface area contributed by atoms with Crippen LogP contribution in [0.4, 0.5) is 0 Å². The van der Waals surface area contributed by atoms with Crippen molar-refractivity contribution in [2.45, 2.75) is 38.5 Å². The smallest absolute Gasteiger partial charge is 0.0229 e. The monoisotopic (exact) mass is 150 g/mol. The lowest BCUT2D eigenvalue weighted by molar-refractivity contribution is 0.305. The zero-order valence-electron chi connectivity index (χ0n) is 7.31. The van der Waals surface area contributed by atoms with E-state index in [4.69, 9.17) is 0 Å². The van der Waals surface area contributed by atoms with Crippen molar-refractivity contribution in [1.29, 1.82) is 0 Å². The largest absolute Gasteiger partial charge is 0.103 e. The van der Waals surface area contributed by atoms with Crippen molar-refractivity contribution < 1.29 is 0 Å². The number of hydrogen-bond donors (Lipinski definition) is 0. The van der Waals surface area contributed by atoms with Gasteiger partial charge in [0, 0.05) is 0 Å². The van der Waals surface area contributed by atoms with Crippen molar-refractivity contribution in [3.05, 3.63) is 25.3 Å². The van der Waals surface area contributed by atoms with Crippen molar-refractivity contribution in [2.75, 3.05) is 0 Å². The highest BCUT2D eigenvalue weighted by atomic mass is 14.4. The van der Waals surface area contributed by atoms with Gasteiger partial charge in [-0.3, -0.25) is 0 Å². The molecule has 0 radical (unpaired) electrons. The normalized spacial score (nSPS) is 21.5. The van der Waals surface area contributed by atoms with Gasteiger partial charge in [0.25, 0.3) is 0 Å². The van der Waals surface area contributed by atoms with E-state index in [2.05, 4.69) is 25.3 Å². The Hall–Kier alpha value is -0.520. The first-order chi connectivity index (χ1) is 5.33. The molecule has 0 amide bonds. The van der Waals surface area contributed by atoms with Crippen LogP contribution in [0.1, 0.15) is 38.5 Å². The molecule has 1 fully saturated rings. The molecular weight excluding hydrogens is 132 g/mol. The van der Waals surface area contributed by atoms with Crippen LogP contribution in [0.3, 0.4) is 0 Å². The van der Waals surface area contributed by atoms with Crippen LogP contribution in [0.15, 0.2) is 25.3 Å². The molecule has 0 heteroatoms. The molecule has 62 valence electrons. The van der Waals surface area contributed by atoms with Crippen molar-refractivity contribution in [3.63, 3.8) is 0 Å². The standard InChI is InChI=1S/C11H18/c1-3-7-11(8-4-2)9-5-6-10-11/h3-4H,1-2,5-10H2. The molecule has 0 bridgehead atoms. The van der Waals surface area contributed by atoms with E-state index < -0.39 is 0 Å². The zero-order chi connectivity index (χ0) is 8.16. The number of hydrogen-bond acceptors (Lipinski definition) is 0. The summed E-state index contributed by atoms with van der Waals surface area (Å²) in [7, 11) is 0. The molecule has 0 heterocycles. The van der Waals surface area contributed by atoms with E-state index in [1.54, 1.807) is 0 Å². The minimum atomic E-state index is 0.559. The average molecular weight is 150 g/mol. The molecule has 0 atom stereocenters. The van der Waals surface area contributed by atoms with Crippen LogP contribution >= 0.6 is 0 Å². The molecule has 0 N–H and O–H groups in total. The lowest BCUT2D eigenvalue weighted by atomic mass is 9.80. The van der Waals surface area contributed by atoms with E-state index in [-0.39, 0.29) is 0 Å². The topological polar surface area (TPSA) is 0 Å².